The molecule has 2 saturated carbocycles. The van der Waals surface area contributed by atoms with Crippen LogP contribution in [0.5, 0.6) is 0 Å². The highest BCUT2D eigenvalue weighted by Gasteiger charge is 2.58. The zero-order chi connectivity index (χ0) is 29.9. The number of carbonyl (C=O) groups is 1. The van der Waals surface area contributed by atoms with E-state index < -0.39 is 16.0 Å². The number of nitrogens with zero attached hydrogens (tertiary/aromatic N) is 3. The maximum absolute atomic E-state index is 13.7. The van der Waals surface area contributed by atoms with Crippen molar-refractivity contribution in [3.63, 3.8) is 0 Å². The van der Waals surface area contributed by atoms with Gasteiger partial charge in [-0.05, 0) is 98.8 Å². The minimum absolute atomic E-state index is 0.0484. The van der Waals surface area contributed by atoms with E-state index in [-0.39, 0.29) is 28.6 Å². The predicted octanol–water partition coefficient (Wildman–Crippen LogP) is 4.60. The van der Waals surface area contributed by atoms with Crippen molar-refractivity contribution in [2.75, 3.05) is 38.0 Å². The lowest BCUT2D eigenvalue weighted by atomic mass is 9.80. The molecule has 2 unspecified atom stereocenters. The monoisotopic (exact) mass is 616 g/mol. The molecule has 2 amide bonds. The van der Waals surface area contributed by atoms with Crippen LogP contribution in [0, 0.1) is 23.1 Å². The molecular formula is C30H38ClFN6O3S. The van der Waals surface area contributed by atoms with E-state index in [0.717, 1.165) is 51.6 Å². The highest BCUT2D eigenvalue weighted by molar-refractivity contribution is 7.87. The second-order valence-corrected chi connectivity index (χ2v) is 13.6. The first kappa shape index (κ1) is 30.7. The molecule has 1 saturated heterocycles. The SMILES string of the molecule is CCNS(=O)(=O)NC1CCN(CCCN(C(=O)Nc2ccc(F)c(Cl)c2)[C@@H]2CC[C@]3(c4cccc(C#N)c4)CC3C2)C1. The molecule has 1 heterocycles. The second-order valence-electron chi connectivity index (χ2n) is 11.7. The number of amides is 2. The molecule has 2 aliphatic carbocycles. The van der Waals surface area contributed by atoms with E-state index in [2.05, 4.69) is 31.8 Å². The molecule has 226 valence electrons. The fourth-order valence-electron chi connectivity index (χ4n) is 6.81. The van der Waals surface area contributed by atoms with Gasteiger partial charge in [0.15, 0.2) is 0 Å². The van der Waals surface area contributed by atoms with Gasteiger partial charge in [0, 0.05) is 37.4 Å². The average Bonchev–Trinajstić information content (AvgIpc) is 3.55. The molecule has 42 heavy (non-hydrogen) atoms. The minimum atomic E-state index is -3.50. The zero-order valence-electron chi connectivity index (χ0n) is 23.8. The molecule has 9 nitrogen and oxygen atoms in total. The number of fused-ring (bicyclic) bond motifs is 1. The zero-order valence-corrected chi connectivity index (χ0v) is 25.4. The predicted molar refractivity (Wildman–Crippen MR) is 161 cm³/mol. The van der Waals surface area contributed by atoms with E-state index in [1.54, 1.807) is 6.92 Å². The summed E-state index contributed by atoms with van der Waals surface area (Å²) < 4.78 is 43.0. The number of likely N-dealkylation sites (tertiary alicyclic amines) is 1. The number of benzene rings is 2. The van der Waals surface area contributed by atoms with Crippen molar-refractivity contribution >= 4 is 33.5 Å². The van der Waals surface area contributed by atoms with Gasteiger partial charge >= 0.3 is 6.03 Å². The summed E-state index contributed by atoms with van der Waals surface area (Å²) in [6.07, 6.45) is 5.21. The first-order valence-electron chi connectivity index (χ1n) is 14.6. The van der Waals surface area contributed by atoms with Gasteiger partial charge in [-0.1, -0.05) is 30.7 Å². The Morgan fingerprint density at radius 2 is 2.10 bits per heavy atom. The van der Waals surface area contributed by atoms with Crippen LogP contribution in [0.2, 0.25) is 5.02 Å². The first-order valence-corrected chi connectivity index (χ1v) is 16.5. The first-order chi connectivity index (χ1) is 20.1. The number of anilines is 1. The maximum atomic E-state index is 13.7. The molecule has 2 aromatic carbocycles. The number of hydrogen-bond donors (Lipinski definition) is 3. The Morgan fingerprint density at radius 3 is 2.83 bits per heavy atom. The van der Waals surface area contributed by atoms with E-state index in [0.29, 0.717) is 36.8 Å². The fraction of sp³-hybridized carbons (Fsp3) is 0.533. The van der Waals surface area contributed by atoms with Gasteiger partial charge in [0.2, 0.25) is 0 Å². The molecular weight excluding hydrogens is 579 g/mol. The van der Waals surface area contributed by atoms with Crippen LogP contribution in [0.3, 0.4) is 0 Å². The molecule has 3 fully saturated rings. The molecule has 12 heteroatoms. The van der Waals surface area contributed by atoms with Gasteiger partial charge in [-0.25, -0.2) is 13.9 Å². The summed E-state index contributed by atoms with van der Waals surface area (Å²) >= 11 is 5.96. The van der Waals surface area contributed by atoms with E-state index in [1.165, 1.54) is 23.8 Å². The lowest BCUT2D eigenvalue weighted by Gasteiger charge is -2.37. The molecule has 3 aliphatic rings. The van der Waals surface area contributed by atoms with Gasteiger partial charge in [-0.15, -0.1) is 0 Å². The average molecular weight is 617 g/mol. The van der Waals surface area contributed by atoms with Crippen molar-refractivity contribution in [2.45, 2.75) is 62.9 Å². The van der Waals surface area contributed by atoms with Gasteiger partial charge in [0.25, 0.3) is 10.2 Å². The van der Waals surface area contributed by atoms with Crippen LogP contribution in [0.4, 0.5) is 14.9 Å². The number of hydrogen-bond acceptors (Lipinski definition) is 5. The molecule has 0 aromatic heterocycles. The van der Waals surface area contributed by atoms with Crippen molar-refractivity contribution in [2.24, 2.45) is 5.92 Å². The third kappa shape index (κ3) is 7.06. The lowest BCUT2D eigenvalue weighted by molar-refractivity contribution is 0.155. The summed E-state index contributed by atoms with van der Waals surface area (Å²) in [4.78, 5) is 17.7. The summed E-state index contributed by atoms with van der Waals surface area (Å²) in [6, 6.07) is 14.0. The fourth-order valence-corrected chi connectivity index (χ4v) is 8.09. The largest absolute Gasteiger partial charge is 0.322 e. The standard InChI is InChI=1S/C30H38ClFN6O3S/c1-2-34-42(40,41)36-25-10-14-37(20-25)12-4-13-38(29(39)35-24-7-8-28(32)27(31)17-24)26-9-11-30(18-23(30)16-26)22-6-3-5-21(15-22)19-33/h3,5-8,15,17,23,25-26,34,36H,2,4,9-14,16,18,20H2,1H3,(H,35,39)/t23?,25?,26-,30-/m1/s1. The van der Waals surface area contributed by atoms with E-state index in [4.69, 9.17) is 11.6 Å². The Balaban J connectivity index is 1.22. The quantitative estimate of drug-likeness (QED) is 0.341. The van der Waals surface area contributed by atoms with E-state index in [9.17, 15) is 22.9 Å². The summed E-state index contributed by atoms with van der Waals surface area (Å²) in [5.74, 6) is -0.0918. The number of urea groups is 1. The minimum Gasteiger partial charge on any atom is -0.321 e. The van der Waals surface area contributed by atoms with Crippen molar-refractivity contribution in [1.82, 2.24) is 19.2 Å². The molecule has 5 rings (SSSR count). The lowest BCUT2D eigenvalue weighted by Crippen LogP contribution is -2.46. The molecule has 1 aliphatic heterocycles. The summed E-state index contributed by atoms with van der Waals surface area (Å²) in [5.41, 5.74) is 2.42. The molecule has 0 bridgehead atoms. The smallest absolute Gasteiger partial charge is 0.321 e. The van der Waals surface area contributed by atoms with Crippen LogP contribution in [0.15, 0.2) is 42.5 Å². The Labute approximate surface area is 252 Å². The summed E-state index contributed by atoms with van der Waals surface area (Å²) in [7, 11) is -3.50. The molecule has 3 N–H and O–H groups in total. The van der Waals surface area contributed by atoms with Gasteiger partial charge < -0.3 is 15.1 Å². The molecule has 0 radical (unpaired) electrons. The Morgan fingerprint density at radius 1 is 1.26 bits per heavy atom. The number of carbonyl (C=O) groups excluding carboxylic acids is 1. The number of halogens is 2. The van der Waals surface area contributed by atoms with E-state index >= 15 is 0 Å². The van der Waals surface area contributed by atoms with Crippen molar-refractivity contribution in [3.05, 3.63) is 64.4 Å². The third-order valence-electron chi connectivity index (χ3n) is 8.95. The van der Waals surface area contributed by atoms with Crippen LogP contribution < -0.4 is 14.8 Å². The topological polar surface area (TPSA) is 118 Å². The molecule has 2 aromatic rings. The molecule has 4 atom stereocenters. The highest BCUT2D eigenvalue weighted by atomic mass is 35.5. The van der Waals surface area contributed by atoms with Gasteiger partial charge in [0.05, 0.1) is 16.7 Å². The van der Waals surface area contributed by atoms with Crippen LogP contribution >= 0.6 is 11.6 Å². The van der Waals surface area contributed by atoms with E-state index in [1.807, 2.05) is 23.1 Å². The number of rotatable bonds is 11. The van der Waals surface area contributed by atoms with Gasteiger partial charge in [-0.3, -0.25) is 0 Å². The summed E-state index contributed by atoms with van der Waals surface area (Å²) in [6.45, 7) is 4.78. The normalized spacial score (nSPS) is 25.4. The molecule has 0 spiro atoms. The Hall–Kier alpha value is -2.75. The Kier molecular flexibility index (Phi) is 9.40. The van der Waals surface area contributed by atoms with Crippen molar-refractivity contribution in [1.29, 1.82) is 5.26 Å². The number of nitriles is 1. The second kappa shape index (κ2) is 12.9. The van der Waals surface area contributed by atoms with Crippen LogP contribution in [-0.2, 0) is 15.6 Å². The van der Waals surface area contributed by atoms with Gasteiger partial charge in [0.1, 0.15) is 5.82 Å². The van der Waals surface area contributed by atoms with Crippen molar-refractivity contribution < 1.29 is 17.6 Å². The van der Waals surface area contributed by atoms with Crippen LogP contribution in [0.1, 0.15) is 56.6 Å². The van der Waals surface area contributed by atoms with Gasteiger partial charge in [-0.2, -0.15) is 18.4 Å². The Bertz CT molecular complexity index is 1450. The summed E-state index contributed by atoms with van der Waals surface area (Å²) in [5, 5.41) is 12.2. The van der Waals surface area contributed by atoms with Crippen LogP contribution in [-0.4, -0.2) is 69.1 Å². The highest BCUT2D eigenvalue weighted by Crippen LogP contribution is 2.62. The third-order valence-corrected chi connectivity index (χ3v) is 10.6. The number of nitrogens with one attached hydrogen (secondary N) is 3. The van der Waals surface area contributed by atoms with Crippen LogP contribution in [0.25, 0.3) is 0 Å². The van der Waals surface area contributed by atoms with Crippen molar-refractivity contribution in [3.8, 4) is 6.07 Å². The maximum Gasteiger partial charge on any atom is 0.322 e.